The van der Waals surface area contributed by atoms with Crippen LogP contribution in [0.1, 0.15) is 41.5 Å². The first-order chi connectivity index (χ1) is 7.65. The summed E-state index contributed by atoms with van der Waals surface area (Å²) in [6.45, 7) is 14.3. The Hall–Kier alpha value is 1.60. The van der Waals surface area contributed by atoms with Crippen LogP contribution in [0.5, 0.6) is 0 Å². The summed E-state index contributed by atoms with van der Waals surface area (Å²) >= 11 is -1.52. The number of hydrogen-bond donors (Lipinski definition) is 0. The zero-order valence-electron chi connectivity index (χ0n) is 13.9. The summed E-state index contributed by atoms with van der Waals surface area (Å²) in [5, 5.41) is 0. The third-order valence-electron chi connectivity index (χ3n) is 2.09. The average molecular weight is 454 g/mol. The van der Waals surface area contributed by atoms with Gasteiger partial charge in [-0.2, -0.15) is 0 Å². The summed E-state index contributed by atoms with van der Waals surface area (Å²) in [4.78, 5) is 7.09. The van der Waals surface area contributed by atoms with E-state index in [4.69, 9.17) is 0 Å². The van der Waals surface area contributed by atoms with Crippen LogP contribution in [0.3, 0.4) is 0 Å². The van der Waals surface area contributed by atoms with Gasteiger partial charge in [-0.3, -0.25) is 0 Å². The van der Waals surface area contributed by atoms with Crippen molar-refractivity contribution < 1.29 is 0 Å². The Kier molecular flexibility index (Phi) is 15.5. The zero-order valence-corrected chi connectivity index (χ0v) is 19.6. The van der Waals surface area contributed by atoms with Gasteiger partial charge in [-0.25, -0.2) is 0 Å². The second kappa shape index (κ2) is 12.6. The molecule has 0 bridgehead atoms. The van der Waals surface area contributed by atoms with Crippen LogP contribution in [-0.4, -0.2) is 39.5 Å². The first-order valence-corrected chi connectivity index (χ1v) is 21.9. The van der Waals surface area contributed by atoms with Gasteiger partial charge in [0.25, 0.3) is 0 Å². The average Bonchev–Trinajstić information content (AvgIpc) is 1.96. The van der Waals surface area contributed by atoms with Gasteiger partial charge in [0.2, 0.25) is 0 Å². The van der Waals surface area contributed by atoms with Crippen LogP contribution in [0, 0.1) is 17.8 Å². The van der Waals surface area contributed by atoms with Crippen molar-refractivity contribution in [3.05, 3.63) is 0 Å². The van der Waals surface area contributed by atoms with Crippen LogP contribution in [0.4, 0.5) is 0 Å². The second-order valence-corrected chi connectivity index (χ2v) is 23.4. The Bertz CT molecular complexity index is 124. The van der Waals surface area contributed by atoms with Crippen molar-refractivity contribution >= 4 is 39.5 Å². The van der Waals surface area contributed by atoms with Gasteiger partial charge in [0.05, 0.1) is 0 Å². The van der Waals surface area contributed by atoms with Crippen LogP contribution in [0.25, 0.3) is 0 Å². The Labute approximate surface area is 126 Å². The standard InChI is InChI=1S/3C4H9.3CH3.2Sn/c3*1-4(2)3;;;;;/h3*4H,1H2,2-3H3;3*1H3;;. The van der Waals surface area contributed by atoms with Crippen molar-refractivity contribution in [2.75, 3.05) is 0 Å². The molecule has 0 unspecified atom stereocenters. The van der Waals surface area contributed by atoms with Crippen LogP contribution in [0.2, 0.25) is 28.1 Å². The molecule has 0 spiro atoms. The summed E-state index contributed by atoms with van der Waals surface area (Å²) < 4.78 is 4.83. The van der Waals surface area contributed by atoms with E-state index in [0.717, 1.165) is 17.8 Å². The first-order valence-electron chi connectivity index (χ1n) is 7.25. The van der Waals surface area contributed by atoms with Gasteiger partial charge in [0, 0.05) is 0 Å². The molecule has 0 atom stereocenters. The molecule has 0 saturated heterocycles. The van der Waals surface area contributed by atoms with Gasteiger partial charge in [-0.1, -0.05) is 0 Å². The van der Waals surface area contributed by atoms with Gasteiger partial charge in [-0.05, 0) is 0 Å². The molecule has 0 aliphatic heterocycles. The molecule has 17 heavy (non-hydrogen) atoms. The van der Waals surface area contributed by atoms with Gasteiger partial charge in [0.1, 0.15) is 0 Å². The molecule has 0 saturated carbocycles. The second-order valence-electron chi connectivity index (χ2n) is 7.04. The van der Waals surface area contributed by atoms with E-state index in [1.165, 1.54) is 0 Å². The predicted molar refractivity (Wildman–Crippen MR) is 88.0 cm³/mol. The Morgan fingerprint density at radius 1 is 0.588 bits per heavy atom. The minimum atomic E-state index is -0.976. The summed E-state index contributed by atoms with van der Waals surface area (Å²) in [6.07, 6.45) is 0. The van der Waals surface area contributed by atoms with E-state index >= 15 is 0 Å². The molecule has 2 radical (unpaired) electrons. The predicted octanol–water partition coefficient (Wildman–Crippen LogP) is 5.82. The molecular formula is C15H36Sn2. The van der Waals surface area contributed by atoms with E-state index < -0.39 is 39.5 Å². The minimum absolute atomic E-state index is 0.543. The molecule has 0 rings (SSSR count). The van der Waals surface area contributed by atoms with Crippen molar-refractivity contribution in [2.24, 2.45) is 17.8 Å². The van der Waals surface area contributed by atoms with Crippen LogP contribution >= 0.6 is 0 Å². The van der Waals surface area contributed by atoms with Crippen LogP contribution in [0.15, 0.2) is 0 Å². The molecule has 0 aromatic heterocycles. The van der Waals surface area contributed by atoms with Gasteiger partial charge >= 0.3 is 127 Å². The molecule has 0 aromatic rings. The normalized spacial score (nSPS) is 11.6. The molecule has 0 aromatic carbocycles. The SMILES string of the molecule is CC(C)[CH2][Sn]([CH2]C(C)C)[CH2]C(C)C.[CH3][Sn]([CH3])[CH3]. The Balaban J connectivity index is 0. The molecule has 0 aliphatic carbocycles. The summed E-state index contributed by atoms with van der Waals surface area (Å²) in [5.74, 6) is 2.85. The van der Waals surface area contributed by atoms with E-state index in [1.54, 1.807) is 13.3 Å². The van der Waals surface area contributed by atoms with E-state index in [9.17, 15) is 0 Å². The van der Waals surface area contributed by atoms with E-state index in [0.29, 0.717) is 0 Å². The molecular weight excluding hydrogens is 418 g/mol. The summed E-state index contributed by atoms with van der Waals surface area (Å²) in [5.41, 5.74) is 0. The molecule has 0 aliphatic rings. The molecule has 0 amide bonds. The molecule has 0 heterocycles. The Morgan fingerprint density at radius 2 is 0.765 bits per heavy atom. The summed E-state index contributed by atoms with van der Waals surface area (Å²) in [7, 11) is 0. The molecule has 0 fully saturated rings. The Morgan fingerprint density at radius 3 is 0.882 bits per heavy atom. The molecule has 2 heteroatoms. The van der Waals surface area contributed by atoms with Crippen molar-refractivity contribution in [1.29, 1.82) is 0 Å². The maximum atomic E-state index is 2.39. The van der Waals surface area contributed by atoms with Crippen molar-refractivity contribution in [1.82, 2.24) is 0 Å². The fourth-order valence-corrected chi connectivity index (χ4v) is 13.3. The monoisotopic (exact) mass is 456 g/mol. The quantitative estimate of drug-likeness (QED) is 0.444. The van der Waals surface area contributed by atoms with Crippen molar-refractivity contribution in [3.8, 4) is 0 Å². The number of rotatable bonds is 6. The van der Waals surface area contributed by atoms with E-state index in [2.05, 4.69) is 56.4 Å². The zero-order chi connectivity index (χ0) is 14.0. The summed E-state index contributed by atoms with van der Waals surface area (Å²) in [6, 6.07) is 0. The van der Waals surface area contributed by atoms with Crippen molar-refractivity contribution in [3.63, 3.8) is 0 Å². The fourth-order valence-electron chi connectivity index (χ4n) is 1.98. The van der Waals surface area contributed by atoms with Gasteiger partial charge in [0.15, 0.2) is 0 Å². The van der Waals surface area contributed by atoms with Gasteiger partial charge in [-0.15, -0.1) is 0 Å². The van der Waals surface area contributed by atoms with Crippen LogP contribution < -0.4 is 0 Å². The maximum absolute atomic E-state index is 2.39. The number of hydrogen-bond acceptors (Lipinski definition) is 0. The van der Waals surface area contributed by atoms with Crippen LogP contribution in [-0.2, 0) is 0 Å². The third kappa shape index (κ3) is 23.2. The molecule has 0 nitrogen and oxygen atoms in total. The van der Waals surface area contributed by atoms with E-state index in [-0.39, 0.29) is 0 Å². The first kappa shape index (κ1) is 20.9. The topological polar surface area (TPSA) is 0 Å². The molecule has 0 N–H and O–H groups in total. The van der Waals surface area contributed by atoms with Gasteiger partial charge < -0.3 is 0 Å². The molecule has 104 valence electrons. The van der Waals surface area contributed by atoms with E-state index in [1.807, 2.05) is 0 Å². The fraction of sp³-hybridized carbons (Fsp3) is 1.00. The van der Waals surface area contributed by atoms with Crippen molar-refractivity contribution in [2.45, 2.75) is 69.7 Å². The third-order valence-corrected chi connectivity index (χ3v) is 14.0.